The van der Waals surface area contributed by atoms with Crippen molar-refractivity contribution in [2.45, 2.75) is 39.8 Å². The molecule has 0 radical (unpaired) electrons. The summed E-state index contributed by atoms with van der Waals surface area (Å²) in [6.45, 7) is 8.19. The zero-order valence-corrected chi connectivity index (χ0v) is 11.9. The Kier molecular flexibility index (Phi) is 4.43. The molecule has 1 unspecified atom stereocenters. The molecule has 0 aromatic carbocycles. The van der Waals surface area contributed by atoms with Gasteiger partial charge in [0.2, 0.25) is 0 Å². The Balaban J connectivity index is 1.75. The molecule has 2 rings (SSSR count). The highest BCUT2D eigenvalue weighted by Crippen LogP contribution is 2.24. The molecule has 0 bridgehead atoms. The molecule has 6 heteroatoms. The van der Waals surface area contributed by atoms with Crippen LogP contribution >= 0.6 is 11.3 Å². The molecule has 0 aliphatic carbocycles. The lowest BCUT2D eigenvalue weighted by Crippen LogP contribution is -2.21. The van der Waals surface area contributed by atoms with E-state index in [1.165, 1.54) is 4.88 Å². The lowest BCUT2D eigenvalue weighted by atomic mass is 10.2. The van der Waals surface area contributed by atoms with Crippen LogP contribution in [0, 0.1) is 13.8 Å². The summed E-state index contributed by atoms with van der Waals surface area (Å²) < 4.78 is 1.86. The van der Waals surface area contributed by atoms with Gasteiger partial charge in [-0.3, -0.25) is 4.68 Å². The van der Waals surface area contributed by atoms with E-state index in [4.69, 9.17) is 0 Å². The van der Waals surface area contributed by atoms with Crippen molar-refractivity contribution in [1.82, 2.24) is 25.3 Å². The van der Waals surface area contributed by atoms with Crippen LogP contribution in [0.25, 0.3) is 0 Å². The minimum Gasteiger partial charge on any atom is -0.309 e. The van der Waals surface area contributed by atoms with E-state index in [0.717, 1.165) is 30.2 Å². The van der Waals surface area contributed by atoms with E-state index >= 15 is 0 Å². The molecule has 18 heavy (non-hydrogen) atoms. The largest absolute Gasteiger partial charge is 0.309 e. The molecular weight excluding hydrogens is 246 g/mol. The van der Waals surface area contributed by atoms with E-state index < -0.39 is 0 Å². The van der Waals surface area contributed by atoms with Gasteiger partial charge in [-0.1, -0.05) is 5.21 Å². The average Bonchev–Trinajstić information content (AvgIpc) is 2.94. The van der Waals surface area contributed by atoms with E-state index in [1.807, 2.05) is 10.9 Å². The van der Waals surface area contributed by atoms with Crippen molar-refractivity contribution in [2.24, 2.45) is 0 Å². The van der Waals surface area contributed by atoms with Crippen molar-refractivity contribution in [3.63, 3.8) is 0 Å². The highest BCUT2D eigenvalue weighted by Gasteiger charge is 2.11. The fourth-order valence-corrected chi connectivity index (χ4v) is 2.91. The van der Waals surface area contributed by atoms with Crippen LogP contribution in [0.4, 0.5) is 0 Å². The van der Waals surface area contributed by atoms with E-state index in [0.29, 0.717) is 6.04 Å². The van der Waals surface area contributed by atoms with Crippen molar-refractivity contribution in [3.8, 4) is 0 Å². The first-order valence-electron chi connectivity index (χ1n) is 6.18. The molecular formula is C12H19N5S. The van der Waals surface area contributed by atoms with Gasteiger partial charge in [-0.05, 0) is 33.7 Å². The van der Waals surface area contributed by atoms with Gasteiger partial charge in [0, 0.05) is 23.7 Å². The molecule has 5 nitrogen and oxygen atoms in total. The van der Waals surface area contributed by atoms with Gasteiger partial charge in [-0.15, -0.1) is 16.4 Å². The third-order valence-electron chi connectivity index (χ3n) is 2.82. The molecule has 0 aliphatic rings. The molecule has 2 aromatic rings. The van der Waals surface area contributed by atoms with E-state index in [9.17, 15) is 0 Å². The quantitative estimate of drug-likeness (QED) is 0.813. The first kappa shape index (κ1) is 13.2. The fraction of sp³-hybridized carbons (Fsp3) is 0.583. The molecule has 1 atom stereocenters. The SMILES string of the molecule is Cc1nc(C)c(C(C)NCCCn2ccnn2)s1. The van der Waals surface area contributed by atoms with Gasteiger partial charge < -0.3 is 5.32 Å². The van der Waals surface area contributed by atoms with Crippen molar-refractivity contribution in [2.75, 3.05) is 6.54 Å². The molecule has 0 saturated carbocycles. The van der Waals surface area contributed by atoms with Crippen molar-refractivity contribution >= 4 is 11.3 Å². The summed E-state index contributed by atoms with van der Waals surface area (Å²) in [7, 11) is 0. The number of hydrogen-bond donors (Lipinski definition) is 1. The zero-order chi connectivity index (χ0) is 13.0. The molecule has 2 aromatic heterocycles. The third-order valence-corrected chi connectivity index (χ3v) is 4.07. The lowest BCUT2D eigenvalue weighted by molar-refractivity contribution is 0.501. The number of nitrogens with one attached hydrogen (secondary N) is 1. The van der Waals surface area contributed by atoms with Gasteiger partial charge in [0.05, 0.1) is 16.9 Å². The molecule has 0 amide bonds. The van der Waals surface area contributed by atoms with E-state index in [2.05, 4.69) is 41.4 Å². The Bertz CT molecular complexity index is 477. The van der Waals surface area contributed by atoms with Crippen LogP contribution in [0.1, 0.15) is 35.0 Å². The smallest absolute Gasteiger partial charge is 0.0900 e. The van der Waals surface area contributed by atoms with Crippen molar-refractivity contribution in [1.29, 1.82) is 0 Å². The number of thiazole rings is 1. The topological polar surface area (TPSA) is 55.6 Å². The number of aryl methyl sites for hydroxylation is 3. The van der Waals surface area contributed by atoms with Crippen LogP contribution in [0.5, 0.6) is 0 Å². The van der Waals surface area contributed by atoms with Crippen LogP contribution in [0.3, 0.4) is 0 Å². The van der Waals surface area contributed by atoms with Crippen molar-refractivity contribution in [3.05, 3.63) is 28.0 Å². The Morgan fingerprint density at radius 3 is 2.89 bits per heavy atom. The Morgan fingerprint density at radius 1 is 1.44 bits per heavy atom. The summed E-state index contributed by atoms with van der Waals surface area (Å²) in [5, 5.41) is 12.4. The normalized spacial score (nSPS) is 12.8. The summed E-state index contributed by atoms with van der Waals surface area (Å²) in [5.41, 5.74) is 1.15. The Labute approximate surface area is 111 Å². The fourth-order valence-electron chi connectivity index (χ4n) is 1.95. The highest BCUT2D eigenvalue weighted by molar-refractivity contribution is 7.11. The lowest BCUT2D eigenvalue weighted by Gasteiger charge is -2.12. The summed E-state index contributed by atoms with van der Waals surface area (Å²) >= 11 is 1.78. The zero-order valence-electron chi connectivity index (χ0n) is 11.1. The molecule has 0 fully saturated rings. The predicted octanol–water partition coefficient (Wildman–Crippen LogP) is 2.09. The minimum atomic E-state index is 0.368. The maximum absolute atomic E-state index is 4.46. The third kappa shape index (κ3) is 3.36. The Morgan fingerprint density at radius 2 is 2.28 bits per heavy atom. The molecule has 2 heterocycles. The average molecular weight is 265 g/mol. The van der Waals surface area contributed by atoms with Crippen LogP contribution in [-0.4, -0.2) is 26.5 Å². The summed E-state index contributed by atoms with van der Waals surface area (Å²) in [4.78, 5) is 5.80. The van der Waals surface area contributed by atoms with Gasteiger partial charge in [-0.25, -0.2) is 4.98 Å². The molecule has 0 spiro atoms. The first-order chi connectivity index (χ1) is 8.66. The Hall–Kier alpha value is -1.27. The summed E-state index contributed by atoms with van der Waals surface area (Å²) in [6.07, 6.45) is 4.64. The molecule has 1 N–H and O–H groups in total. The van der Waals surface area contributed by atoms with Gasteiger partial charge in [0.15, 0.2) is 0 Å². The first-order valence-corrected chi connectivity index (χ1v) is 7.00. The van der Waals surface area contributed by atoms with Gasteiger partial charge in [0.1, 0.15) is 0 Å². The maximum atomic E-state index is 4.46. The number of hydrogen-bond acceptors (Lipinski definition) is 5. The highest BCUT2D eigenvalue weighted by atomic mass is 32.1. The van der Waals surface area contributed by atoms with E-state index in [-0.39, 0.29) is 0 Å². The minimum absolute atomic E-state index is 0.368. The van der Waals surface area contributed by atoms with Crippen molar-refractivity contribution < 1.29 is 0 Å². The summed E-state index contributed by atoms with van der Waals surface area (Å²) in [5.74, 6) is 0. The number of nitrogens with zero attached hydrogens (tertiary/aromatic N) is 4. The van der Waals surface area contributed by atoms with Crippen LogP contribution in [0.2, 0.25) is 0 Å². The second-order valence-corrected chi connectivity index (χ2v) is 5.61. The van der Waals surface area contributed by atoms with Gasteiger partial charge in [0.25, 0.3) is 0 Å². The van der Waals surface area contributed by atoms with E-state index in [1.54, 1.807) is 17.5 Å². The second kappa shape index (κ2) is 6.06. The predicted molar refractivity (Wildman–Crippen MR) is 72.6 cm³/mol. The number of aromatic nitrogens is 4. The monoisotopic (exact) mass is 265 g/mol. The molecule has 0 saturated heterocycles. The maximum Gasteiger partial charge on any atom is 0.0900 e. The molecule has 98 valence electrons. The number of rotatable bonds is 6. The van der Waals surface area contributed by atoms with Gasteiger partial charge in [-0.2, -0.15) is 0 Å². The van der Waals surface area contributed by atoms with Crippen LogP contribution in [-0.2, 0) is 6.54 Å². The molecule has 0 aliphatic heterocycles. The van der Waals surface area contributed by atoms with Crippen LogP contribution in [0.15, 0.2) is 12.4 Å². The van der Waals surface area contributed by atoms with Crippen LogP contribution < -0.4 is 5.32 Å². The second-order valence-electron chi connectivity index (χ2n) is 4.38. The summed E-state index contributed by atoms with van der Waals surface area (Å²) in [6, 6.07) is 0.368. The van der Waals surface area contributed by atoms with Gasteiger partial charge >= 0.3 is 0 Å². The standard InChI is InChI=1S/C12H19N5S/c1-9(12-10(2)15-11(3)18-12)13-5-4-7-17-8-6-14-16-17/h6,8-9,13H,4-5,7H2,1-3H3.